The molecule has 1 unspecified atom stereocenters. The average Bonchev–Trinajstić information content (AvgIpc) is 2.26. The Bertz CT molecular complexity index is 363. The summed E-state index contributed by atoms with van der Waals surface area (Å²) in [5, 5.41) is 9.08. The lowest BCUT2D eigenvalue weighted by atomic mass is 9.95. The third-order valence-corrected chi connectivity index (χ3v) is 2.61. The third-order valence-electron chi connectivity index (χ3n) is 2.61. The lowest BCUT2D eigenvalue weighted by Crippen LogP contribution is -2.15. The summed E-state index contributed by atoms with van der Waals surface area (Å²) in [5.74, 6) is -1.04. The smallest absolute Gasteiger partial charge is 0.307 e. The second-order valence-corrected chi connectivity index (χ2v) is 4.03. The van der Waals surface area contributed by atoms with Gasteiger partial charge in [-0.05, 0) is 32.3 Å². The highest BCUT2D eigenvalue weighted by molar-refractivity contribution is 5.70. The maximum atomic E-state index is 11.0. The van der Waals surface area contributed by atoms with Crippen LogP contribution in [0.3, 0.4) is 0 Å². The van der Waals surface area contributed by atoms with E-state index in [1.807, 2.05) is 50.3 Å². The fraction of sp³-hybridized carbons (Fsp3) is 0.357. The Morgan fingerprint density at radius 2 is 2.00 bits per heavy atom. The molecular formula is C14H18O2. The molecule has 0 saturated heterocycles. The molecule has 86 valence electrons. The van der Waals surface area contributed by atoms with E-state index < -0.39 is 5.97 Å². The molecule has 0 aromatic heterocycles. The number of carbonyl (C=O) groups is 1. The Labute approximate surface area is 96.6 Å². The van der Waals surface area contributed by atoms with Crippen LogP contribution in [-0.4, -0.2) is 11.1 Å². The van der Waals surface area contributed by atoms with Gasteiger partial charge in [0, 0.05) is 0 Å². The summed E-state index contributed by atoms with van der Waals surface area (Å²) in [6.07, 6.45) is 5.00. The maximum absolute atomic E-state index is 11.0. The van der Waals surface area contributed by atoms with E-state index >= 15 is 0 Å². The number of allylic oxidation sites excluding steroid dienone is 2. The number of aliphatic carboxylic acids is 1. The summed E-state index contributed by atoms with van der Waals surface area (Å²) >= 11 is 0. The topological polar surface area (TPSA) is 37.3 Å². The minimum atomic E-state index is -0.723. The van der Waals surface area contributed by atoms with Crippen LogP contribution in [0.2, 0.25) is 0 Å². The van der Waals surface area contributed by atoms with Gasteiger partial charge in [-0.2, -0.15) is 0 Å². The molecule has 0 bridgehead atoms. The van der Waals surface area contributed by atoms with Gasteiger partial charge in [-0.15, -0.1) is 0 Å². The zero-order valence-corrected chi connectivity index (χ0v) is 9.81. The van der Waals surface area contributed by atoms with Crippen LogP contribution >= 0.6 is 0 Å². The first-order valence-corrected chi connectivity index (χ1v) is 5.53. The number of benzene rings is 1. The summed E-state index contributed by atoms with van der Waals surface area (Å²) in [6.45, 7) is 3.93. The van der Waals surface area contributed by atoms with Crippen molar-refractivity contribution >= 4 is 5.97 Å². The van der Waals surface area contributed by atoms with Gasteiger partial charge in [0.2, 0.25) is 0 Å². The Hall–Kier alpha value is -1.57. The van der Waals surface area contributed by atoms with Gasteiger partial charge in [0.15, 0.2) is 0 Å². The fourth-order valence-corrected chi connectivity index (χ4v) is 1.58. The molecule has 2 heteroatoms. The van der Waals surface area contributed by atoms with E-state index in [1.54, 1.807) is 0 Å². The molecule has 1 atom stereocenters. The first-order chi connectivity index (χ1) is 7.63. The van der Waals surface area contributed by atoms with Crippen molar-refractivity contribution < 1.29 is 9.90 Å². The van der Waals surface area contributed by atoms with Crippen LogP contribution in [0.1, 0.15) is 24.5 Å². The minimum absolute atomic E-state index is 0.320. The number of aryl methyl sites for hydroxylation is 1. The van der Waals surface area contributed by atoms with Crippen molar-refractivity contribution in [3.63, 3.8) is 0 Å². The van der Waals surface area contributed by atoms with Crippen LogP contribution in [0.5, 0.6) is 0 Å². The van der Waals surface area contributed by atoms with Crippen LogP contribution in [-0.2, 0) is 11.2 Å². The van der Waals surface area contributed by atoms with Crippen LogP contribution in [0.4, 0.5) is 0 Å². The quantitative estimate of drug-likeness (QED) is 0.770. The second-order valence-electron chi connectivity index (χ2n) is 4.03. The summed E-state index contributed by atoms with van der Waals surface area (Å²) in [7, 11) is 0. The van der Waals surface area contributed by atoms with Crippen LogP contribution in [0.15, 0.2) is 36.4 Å². The van der Waals surface area contributed by atoms with Gasteiger partial charge in [0.25, 0.3) is 0 Å². The van der Waals surface area contributed by atoms with Crippen LogP contribution in [0.25, 0.3) is 0 Å². The molecule has 1 aromatic carbocycles. The van der Waals surface area contributed by atoms with Crippen molar-refractivity contribution in [1.82, 2.24) is 0 Å². The Balaban J connectivity index is 2.67. The number of rotatable bonds is 5. The molecule has 0 amide bonds. The van der Waals surface area contributed by atoms with Crippen molar-refractivity contribution in [2.24, 2.45) is 5.92 Å². The average molecular weight is 218 g/mol. The molecule has 0 radical (unpaired) electrons. The fourth-order valence-electron chi connectivity index (χ4n) is 1.58. The van der Waals surface area contributed by atoms with Gasteiger partial charge in [-0.1, -0.05) is 42.0 Å². The Morgan fingerprint density at radius 1 is 1.38 bits per heavy atom. The van der Waals surface area contributed by atoms with E-state index in [0.717, 1.165) is 5.56 Å². The highest BCUT2D eigenvalue weighted by Gasteiger charge is 2.15. The number of carboxylic acids is 1. The van der Waals surface area contributed by atoms with Gasteiger partial charge in [-0.3, -0.25) is 4.79 Å². The summed E-state index contributed by atoms with van der Waals surface area (Å²) in [5.41, 5.74) is 2.28. The largest absolute Gasteiger partial charge is 0.481 e. The maximum Gasteiger partial charge on any atom is 0.307 e. The van der Waals surface area contributed by atoms with E-state index in [1.165, 1.54) is 5.56 Å². The lowest BCUT2D eigenvalue weighted by molar-refractivity contribution is -0.141. The van der Waals surface area contributed by atoms with Gasteiger partial charge in [0.05, 0.1) is 5.92 Å². The molecule has 0 fully saturated rings. The monoisotopic (exact) mass is 218 g/mol. The zero-order valence-electron chi connectivity index (χ0n) is 9.81. The Kier molecular flexibility index (Phi) is 4.77. The Morgan fingerprint density at radius 3 is 2.50 bits per heavy atom. The van der Waals surface area contributed by atoms with E-state index in [9.17, 15) is 4.79 Å². The lowest BCUT2D eigenvalue weighted by Gasteiger charge is -2.10. The van der Waals surface area contributed by atoms with Crippen molar-refractivity contribution in [2.45, 2.75) is 26.7 Å². The molecule has 0 heterocycles. The molecule has 0 aliphatic carbocycles. The molecule has 0 aliphatic heterocycles. The molecule has 1 N–H and O–H groups in total. The molecule has 0 aliphatic rings. The molecule has 1 rings (SSSR count). The second kappa shape index (κ2) is 6.11. The molecule has 2 nitrogen and oxygen atoms in total. The van der Waals surface area contributed by atoms with E-state index in [-0.39, 0.29) is 5.92 Å². The highest BCUT2D eigenvalue weighted by atomic mass is 16.4. The third kappa shape index (κ3) is 3.89. The van der Waals surface area contributed by atoms with Crippen molar-refractivity contribution in [3.8, 4) is 0 Å². The van der Waals surface area contributed by atoms with Gasteiger partial charge in [0.1, 0.15) is 0 Å². The van der Waals surface area contributed by atoms with E-state index in [2.05, 4.69) is 0 Å². The SMILES string of the molecule is CC=CCC(Cc1ccc(C)cc1)C(=O)O. The standard InChI is InChI=1S/C14H18O2/c1-3-4-5-13(14(15)16)10-12-8-6-11(2)7-9-12/h3-4,6-9,13H,5,10H2,1-2H3,(H,15,16). The summed E-state index contributed by atoms with van der Waals surface area (Å²) in [6, 6.07) is 8.04. The first-order valence-electron chi connectivity index (χ1n) is 5.53. The van der Waals surface area contributed by atoms with Crippen LogP contribution < -0.4 is 0 Å². The van der Waals surface area contributed by atoms with Crippen LogP contribution in [0, 0.1) is 12.8 Å². The number of carboxylic acid groups (broad SMARTS) is 1. The molecular weight excluding hydrogens is 200 g/mol. The number of hydrogen-bond acceptors (Lipinski definition) is 1. The van der Waals surface area contributed by atoms with Gasteiger partial charge < -0.3 is 5.11 Å². The predicted octanol–water partition coefficient (Wildman–Crippen LogP) is 3.20. The predicted molar refractivity (Wildman–Crippen MR) is 65.4 cm³/mol. The molecule has 16 heavy (non-hydrogen) atoms. The molecule has 0 saturated carbocycles. The summed E-state index contributed by atoms with van der Waals surface area (Å²) < 4.78 is 0. The minimum Gasteiger partial charge on any atom is -0.481 e. The number of hydrogen-bond donors (Lipinski definition) is 1. The van der Waals surface area contributed by atoms with Crippen molar-refractivity contribution in [2.75, 3.05) is 0 Å². The van der Waals surface area contributed by atoms with Crippen molar-refractivity contribution in [1.29, 1.82) is 0 Å². The van der Waals surface area contributed by atoms with E-state index in [0.29, 0.717) is 12.8 Å². The van der Waals surface area contributed by atoms with E-state index in [4.69, 9.17) is 5.11 Å². The van der Waals surface area contributed by atoms with Gasteiger partial charge in [-0.25, -0.2) is 0 Å². The van der Waals surface area contributed by atoms with Gasteiger partial charge >= 0.3 is 5.97 Å². The normalized spacial score (nSPS) is 12.9. The van der Waals surface area contributed by atoms with Crippen molar-refractivity contribution in [3.05, 3.63) is 47.5 Å². The molecule has 0 spiro atoms. The zero-order chi connectivity index (χ0) is 12.0. The molecule has 1 aromatic rings. The summed E-state index contributed by atoms with van der Waals surface area (Å²) in [4.78, 5) is 11.0. The highest BCUT2D eigenvalue weighted by Crippen LogP contribution is 2.14. The first kappa shape index (κ1) is 12.5.